The van der Waals surface area contributed by atoms with E-state index >= 15 is 0 Å². The predicted octanol–water partition coefficient (Wildman–Crippen LogP) is 5.11. The first kappa shape index (κ1) is 19.6. The molecule has 1 aliphatic heterocycles. The molecule has 1 unspecified atom stereocenters. The Kier molecular flexibility index (Phi) is 5.31. The largest absolute Gasteiger partial charge is 0.408 e. The van der Waals surface area contributed by atoms with E-state index in [9.17, 15) is 18.0 Å². The highest BCUT2D eigenvalue weighted by molar-refractivity contribution is 6.36. The molecular formula is C20H22ClF3N2O2. The molecule has 8 heteroatoms. The summed E-state index contributed by atoms with van der Waals surface area (Å²) in [7, 11) is 0. The molecule has 4 nitrogen and oxygen atoms in total. The van der Waals surface area contributed by atoms with Gasteiger partial charge in [-0.25, -0.2) is 0 Å². The lowest BCUT2D eigenvalue weighted by molar-refractivity contribution is -0.167. The molecule has 1 aromatic heterocycles. The lowest BCUT2D eigenvalue weighted by atomic mass is 9.83. The number of halogens is 4. The molecule has 2 aliphatic rings. The first-order chi connectivity index (χ1) is 13.4. The topological polar surface area (TPSA) is 43.3 Å². The fourth-order valence-corrected chi connectivity index (χ4v) is 4.55. The van der Waals surface area contributed by atoms with Gasteiger partial charge in [0.2, 0.25) is 0 Å². The smallest absolute Gasteiger partial charge is 0.377 e. The third-order valence-electron chi connectivity index (χ3n) is 5.83. The highest BCUT2D eigenvalue weighted by atomic mass is 35.5. The standard InChI is InChI=1S/C20H22ClF3N2O2/c21-15-7-4-8-16-17(15)14(9-26(16)13-10-28-11-13)19(27)25-18(20(22,23)24)12-5-2-1-3-6-12/h4,7-9,12-13,18H,1-3,5-6,10-11H2,(H,25,27). The number of nitrogens with zero attached hydrogens (tertiary/aromatic N) is 1. The summed E-state index contributed by atoms with van der Waals surface area (Å²) in [5.74, 6) is -1.31. The van der Waals surface area contributed by atoms with E-state index in [0.29, 0.717) is 36.5 Å². The average molecular weight is 415 g/mol. The van der Waals surface area contributed by atoms with E-state index in [2.05, 4.69) is 5.32 Å². The van der Waals surface area contributed by atoms with Crippen LogP contribution in [-0.4, -0.2) is 35.9 Å². The van der Waals surface area contributed by atoms with Crippen LogP contribution < -0.4 is 5.32 Å². The minimum Gasteiger partial charge on any atom is -0.377 e. The maximum absolute atomic E-state index is 13.7. The van der Waals surface area contributed by atoms with Crippen LogP contribution in [0.5, 0.6) is 0 Å². The SMILES string of the molecule is O=C(NC(C1CCCCC1)C(F)(F)F)c1cn(C2COC2)c2cccc(Cl)c12. The number of aromatic nitrogens is 1. The van der Waals surface area contributed by atoms with Gasteiger partial charge in [-0.15, -0.1) is 0 Å². The van der Waals surface area contributed by atoms with E-state index in [1.165, 1.54) is 0 Å². The number of amides is 1. The minimum atomic E-state index is -4.48. The third-order valence-corrected chi connectivity index (χ3v) is 6.14. The van der Waals surface area contributed by atoms with Crippen molar-refractivity contribution in [1.29, 1.82) is 0 Å². The lowest BCUT2D eigenvalue weighted by Crippen LogP contribution is -2.50. The molecule has 4 rings (SSSR count). The van der Waals surface area contributed by atoms with Gasteiger partial charge < -0.3 is 14.6 Å². The Morgan fingerprint density at radius 3 is 2.54 bits per heavy atom. The number of carbonyl (C=O) groups excluding carboxylic acids is 1. The van der Waals surface area contributed by atoms with Crippen LogP contribution in [0.15, 0.2) is 24.4 Å². The zero-order valence-corrected chi connectivity index (χ0v) is 16.0. The van der Waals surface area contributed by atoms with Crippen molar-refractivity contribution in [3.63, 3.8) is 0 Å². The Morgan fingerprint density at radius 2 is 1.93 bits per heavy atom. The van der Waals surface area contributed by atoms with Gasteiger partial charge in [0.05, 0.1) is 35.4 Å². The van der Waals surface area contributed by atoms with Crippen LogP contribution >= 0.6 is 11.6 Å². The average Bonchev–Trinajstić information content (AvgIpc) is 2.99. The molecule has 0 radical (unpaired) electrons. The van der Waals surface area contributed by atoms with Gasteiger partial charge in [0.25, 0.3) is 5.91 Å². The summed E-state index contributed by atoms with van der Waals surface area (Å²) in [5, 5.41) is 3.12. The fourth-order valence-electron chi connectivity index (χ4n) is 4.28. The van der Waals surface area contributed by atoms with Gasteiger partial charge in [-0.05, 0) is 30.9 Å². The molecule has 28 heavy (non-hydrogen) atoms. The molecule has 2 aromatic rings. The Hall–Kier alpha value is -1.73. The Morgan fingerprint density at radius 1 is 1.21 bits per heavy atom. The minimum absolute atomic E-state index is 0.0549. The number of hydrogen-bond donors (Lipinski definition) is 1. The summed E-state index contributed by atoms with van der Waals surface area (Å²) >= 11 is 6.31. The number of rotatable bonds is 4. The molecule has 0 bridgehead atoms. The van der Waals surface area contributed by atoms with Gasteiger partial charge in [-0.2, -0.15) is 13.2 Å². The maximum atomic E-state index is 13.7. The predicted molar refractivity (Wildman–Crippen MR) is 101 cm³/mol. The van der Waals surface area contributed by atoms with Crippen LogP contribution in [0, 0.1) is 5.92 Å². The third kappa shape index (κ3) is 3.62. The quantitative estimate of drug-likeness (QED) is 0.755. The van der Waals surface area contributed by atoms with E-state index in [4.69, 9.17) is 16.3 Å². The second-order valence-corrected chi connectivity index (χ2v) is 8.07. The number of hydrogen-bond acceptors (Lipinski definition) is 2. The van der Waals surface area contributed by atoms with Crippen LogP contribution in [0.2, 0.25) is 5.02 Å². The highest BCUT2D eigenvalue weighted by Crippen LogP contribution is 2.36. The van der Waals surface area contributed by atoms with Crippen molar-refractivity contribution in [3.05, 3.63) is 35.0 Å². The zero-order chi connectivity index (χ0) is 19.9. The molecule has 2 heterocycles. The van der Waals surface area contributed by atoms with Crippen molar-refractivity contribution in [2.75, 3.05) is 13.2 Å². The first-order valence-electron chi connectivity index (χ1n) is 9.60. The van der Waals surface area contributed by atoms with Crippen LogP contribution in [0.4, 0.5) is 13.2 Å². The maximum Gasteiger partial charge on any atom is 0.408 e. The van der Waals surface area contributed by atoms with Gasteiger partial charge in [-0.3, -0.25) is 4.79 Å². The molecule has 152 valence electrons. The van der Waals surface area contributed by atoms with Gasteiger partial charge >= 0.3 is 6.18 Å². The summed E-state index contributed by atoms with van der Waals surface area (Å²) in [4.78, 5) is 12.9. The van der Waals surface area contributed by atoms with Crippen molar-refractivity contribution in [2.45, 2.75) is 50.4 Å². The monoisotopic (exact) mass is 414 g/mol. The van der Waals surface area contributed by atoms with Crippen molar-refractivity contribution >= 4 is 28.4 Å². The Balaban J connectivity index is 1.67. The highest BCUT2D eigenvalue weighted by Gasteiger charge is 2.46. The molecular weight excluding hydrogens is 393 g/mol. The number of carbonyl (C=O) groups is 1. The Labute approximate surface area is 166 Å². The van der Waals surface area contributed by atoms with Crippen molar-refractivity contribution in [1.82, 2.24) is 9.88 Å². The van der Waals surface area contributed by atoms with E-state index in [-0.39, 0.29) is 11.6 Å². The number of nitrogens with one attached hydrogen (secondary N) is 1. The first-order valence-corrected chi connectivity index (χ1v) is 9.98. The van der Waals surface area contributed by atoms with Crippen LogP contribution in [0.25, 0.3) is 10.9 Å². The molecule has 1 saturated heterocycles. The number of fused-ring (bicyclic) bond motifs is 1. The van der Waals surface area contributed by atoms with Crippen molar-refractivity contribution in [2.24, 2.45) is 5.92 Å². The molecule has 1 saturated carbocycles. The van der Waals surface area contributed by atoms with Gasteiger partial charge in [0, 0.05) is 11.6 Å². The van der Waals surface area contributed by atoms with Crippen molar-refractivity contribution in [3.8, 4) is 0 Å². The fraction of sp³-hybridized carbons (Fsp3) is 0.550. The van der Waals surface area contributed by atoms with Crippen LogP contribution in [0.1, 0.15) is 48.5 Å². The number of benzene rings is 1. The molecule has 1 aromatic carbocycles. The number of alkyl halides is 3. The van der Waals surface area contributed by atoms with E-state index in [1.807, 2.05) is 10.6 Å². The van der Waals surface area contributed by atoms with Crippen LogP contribution in [-0.2, 0) is 4.74 Å². The summed E-state index contributed by atoms with van der Waals surface area (Å²) < 4.78 is 48.2. The summed E-state index contributed by atoms with van der Waals surface area (Å²) in [6.45, 7) is 1.01. The van der Waals surface area contributed by atoms with Gasteiger partial charge in [-0.1, -0.05) is 36.9 Å². The molecule has 2 fully saturated rings. The second-order valence-electron chi connectivity index (χ2n) is 7.67. The van der Waals surface area contributed by atoms with E-state index in [1.54, 1.807) is 18.3 Å². The summed E-state index contributed by atoms with van der Waals surface area (Å²) in [5.41, 5.74) is 0.907. The number of ether oxygens (including phenoxy) is 1. The molecule has 0 spiro atoms. The molecule has 1 atom stereocenters. The Bertz CT molecular complexity index is 870. The molecule has 1 amide bonds. The van der Waals surface area contributed by atoms with Gasteiger partial charge in [0.1, 0.15) is 6.04 Å². The van der Waals surface area contributed by atoms with E-state index in [0.717, 1.165) is 24.8 Å². The summed E-state index contributed by atoms with van der Waals surface area (Å²) in [6.07, 6.45) is 0.551. The second kappa shape index (κ2) is 7.59. The van der Waals surface area contributed by atoms with Gasteiger partial charge in [0.15, 0.2) is 0 Å². The lowest BCUT2D eigenvalue weighted by Gasteiger charge is -2.32. The zero-order valence-electron chi connectivity index (χ0n) is 15.3. The summed E-state index contributed by atoms with van der Waals surface area (Å²) in [6, 6.07) is 3.44. The normalized spacial score (nSPS) is 20.1. The molecule has 1 N–H and O–H groups in total. The molecule has 1 aliphatic carbocycles. The van der Waals surface area contributed by atoms with Crippen molar-refractivity contribution < 1.29 is 22.7 Å². The van der Waals surface area contributed by atoms with Crippen LogP contribution in [0.3, 0.4) is 0 Å². The van der Waals surface area contributed by atoms with E-state index < -0.39 is 24.0 Å².